The Labute approximate surface area is 111 Å². The molecule has 108 valence electrons. The number of hydrogen-bond donors (Lipinski definition) is 0. The predicted molar refractivity (Wildman–Crippen MR) is 63.7 cm³/mol. The number of hydroxylamine groups is 2. The second kappa shape index (κ2) is 7.85. The molecule has 1 fully saturated rings. The Bertz CT molecular complexity index is 327. The molecule has 1 aliphatic heterocycles. The maximum atomic E-state index is 11.2. The van der Waals surface area contributed by atoms with Crippen molar-refractivity contribution in [1.29, 1.82) is 0 Å². The van der Waals surface area contributed by atoms with E-state index < -0.39 is 5.97 Å². The number of amides is 2. The minimum absolute atomic E-state index is 0.0786. The average molecular weight is 273 g/mol. The summed E-state index contributed by atoms with van der Waals surface area (Å²) in [4.78, 5) is 38.8. The molecule has 1 heterocycles. The normalized spacial score (nSPS) is 16.8. The molecule has 1 atom stereocenters. The Balaban J connectivity index is 2.16. The van der Waals surface area contributed by atoms with E-state index in [4.69, 9.17) is 14.3 Å². The van der Waals surface area contributed by atoms with Gasteiger partial charge in [-0.25, -0.2) is 4.79 Å². The number of nitrogens with zero attached hydrogens (tertiary/aromatic N) is 1. The van der Waals surface area contributed by atoms with E-state index in [0.717, 1.165) is 5.06 Å². The molecule has 0 radical (unpaired) electrons. The van der Waals surface area contributed by atoms with Crippen LogP contribution >= 0.6 is 0 Å². The fourth-order valence-corrected chi connectivity index (χ4v) is 1.51. The first-order chi connectivity index (χ1) is 9.04. The van der Waals surface area contributed by atoms with Crippen molar-refractivity contribution in [1.82, 2.24) is 5.06 Å². The van der Waals surface area contributed by atoms with Crippen molar-refractivity contribution < 1.29 is 28.7 Å². The lowest BCUT2D eigenvalue weighted by Crippen LogP contribution is -2.30. The summed E-state index contributed by atoms with van der Waals surface area (Å²) >= 11 is 0. The largest absolute Gasteiger partial charge is 0.461 e. The predicted octanol–water partition coefficient (Wildman–Crippen LogP) is 0.425. The van der Waals surface area contributed by atoms with Gasteiger partial charge in [0.05, 0.1) is 6.61 Å². The van der Waals surface area contributed by atoms with E-state index in [-0.39, 0.29) is 44.0 Å². The topological polar surface area (TPSA) is 82.1 Å². The van der Waals surface area contributed by atoms with Gasteiger partial charge in [-0.2, -0.15) is 5.06 Å². The molecule has 1 rings (SSSR count). The van der Waals surface area contributed by atoms with Crippen LogP contribution in [-0.4, -0.2) is 48.8 Å². The number of carbonyl (C=O) groups excluding carboxylic acids is 3. The number of ether oxygens (including phenoxy) is 2. The zero-order chi connectivity index (χ0) is 14.3. The summed E-state index contributed by atoms with van der Waals surface area (Å²) in [5, 5.41) is 0.786. The van der Waals surface area contributed by atoms with Crippen LogP contribution in [-0.2, 0) is 28.7 Å². The van der Waals surface area contributed by atoms with Crippen LogP contribution in [0.25, 0.3) is 0 Å². The summed E-state index contributed by atoms with van der Waals surface area (Å²) in [6.45, 7) is 4.01. The molecule has 0 aliphatic carbocycles. The molecule has 0 saturated carbocycles. The third-order valence-corrected chi connectivity index (χ3v) is 2.51. The van der Waals surface area contributed by atoms with Crippen LogP contribution in [0.3, 0.4) is 0 Å². The number of imide groups is 1. The Kier molecular flexibility index (Phi) is 6.44. The summed E-state index contributed by atoms with van der Waals surface area (Å²) in [5.41, 5.74) is 0. The third kappa shape index (κ3) is 5.35. The first-order valence-electron chi connectivity index (χ1n) is 6.30. The van der Waals surface area contributed by atoms with Gasteiger partial charge in [0.1, 0.15) is 12.7 Å². The number of rotatable bonds is 8. The standard InChI is InChI=1S/C12H19NO6/c1-3-17-8-12(16)19-9(2)6-7-18-13-10(14)4-5-11(13)15/h9H,3-8H2,1-2H3. The number of hydrogen-bond acceptors (Lipinski definition) is 6. The molecule has 7 nitrogen and oxygen atoms in total. The summed E-state index contributed by atoms with van der Waals surface area (Å²) in [5.74, 6) is -1.10. The molecule has 1 aliphatic rings. The van der Waals surface area contributed by atoms with E-state index in [1.165, 1.54) is 0 Å². The maximum Gasteiger partial charge on any atom is 0.332 e. The summed E-state index contributed by atoms with van der Waals surface area (Å²) < 4.78 is 9.95. The molecule has 19 heavy (non-hydrogen) atoms. The van der Waals surface area contributed by atoms with E-state index in [2.05, 4.69) is 0 Å². The SMILES string of the molecule is CCOCC(=O)OC(C)CCON1C(=O)CCC1=O. The molecule has 1 saturated heterocycles. The first kappa shape index (κ1) is 15.6. The number of carbonyl (C=O) groups is 3. The molecule has 0 aromatic rings. The van der Waals surface area contributed by atoms with Gasteiger partial charge in [0.15, 0.2) is 0 Å². The van der Waals surface area contributed by atoms with Gasteiger partial charge < -0.3 is 9.47 Å². The van der Waals surface area contributed by atoms with Gasteiger partial charge in [-0.15, -0.1) is 0 Å². The van der Waals surface area contributed by atoms with Gasteiger partial charge >= 0.3 is 5.97 Å². The Morgan fingerprint density at radius 3 is 2.53 bits per heavy atom. The molecule has 0 aromatic heterocycles. The molecule has 0 aromatic carbocycles. The lowest BCUT2D eigenvalue weighted by atomic mass is 10.3. The van der Waals surface area contributed by atoms with Crippen molar-refractivity contribution in [2.45, 2.75) is 39.2 Å². The van der Waals surface area contributed by atoms with E-state index in [1.807, 2.05) is 0 Å². The van der Waals surface area contributed by atoms with Crippen LogP contribution in [0.4, 0.5) is 0 Å². The van der Waals surface area contributed by atoms with Crippen molar-refractivity contribution in [3.63, 3.8) is 0 Å². The van der Waals surface area contributed by atoms with Crippen molar-refractivity contribution in [2.75, 3.05) is 19.8 Å². The van der Waals surface area contributed by atoms with Gasteiger partial charge in [-0.1, -0.05) is 0 Å². The van der Waals surface area contributed by atoms with Gasteiger partial charge in [0.2, 0.25) is 0 Å². The van der Waals surface area contributed by atoms with Crippen LogP contribution in [0.2, 0.25) is 0 Å². The monoisotopic (exact) mass is 273 g/mol. The van der Waals surface area contributed by atoms with Crippen LogP contribution in [0.5, 0.6) is 0 Å². The lowest BCUT2D eigenvalue weighted by molar-refractivity contribution is -0.190. The Morgan fingerprint density at radius 1 is 1.32 bits per heavy atom. The first-order valence-corrected chi connectivity index (χ1v) is 6.30. The van der Waals surface area contributed by atoms with Gasteiger partial charge in [0, 0.05) is 25.9 Å². The van der Waals surface area contributed by atoms with E-state index in [0.29, 0.717) is 13.0 Å². The summed E-state index contributed by atoms with van der Waals surface area (Å²) in [6, 6.07) is 0. The minimum Gasteiger partial charge on any atom is -0.461 e. The fraction of sp³-hybridized carbons (Fsp3) is 0.750. The second-order valence-corrected chi connectivity index (χ2v) is 4.14. The lowest BCUT2D eigenvalue weighted by Gasteiger charge is -2.16. The molecule has 0 bridgehead atoms. The van der Waals surface area contributed by atoms with Crippen LogP contribution in [0, 0.1) is 0 Å². The van der Waals surface area contributed by atoms with E-state index >= 15 is 0 Å². The highest BCUT2D eigenvalue weighted by molar-refractivity contribution is 6.00. The van der Waals surface area contributed by atoms with Gasteiger partial charge in [-0.3, -0.25) is 14.4 Å². The molecule has 0 spiro atoms. The summed E-state index contributed by atoms with van der Waals surface area (Å²) in [7, 11) is 0. The highest BCUT2D eigenvalue weighted by atomic mass is 16.7. The van der Waals surface area contributed by atoms with E-state index in [1.54, 1.807) is 13.8 Å². The molecule has 0 N–H and O–H groups in total. The zero-order valence-corrected chi connectivity index (χ0v) is 11.2. The molecular weight excluding hydrogens is 254 g/mol. The smallest absolute Gasteiger partial charge is 0.332 e. The highest BCUT2D eigenvalue weighted by Crippen LogP contribution is 2.12. The van der Waals surface area contributed by atoms with Crippen molar-refractivity contribution >= 4 is 17.8 Å². The zero-order valence-electron chi connectivity index (χ0n) is 11.2. The maximum absolute atomic E-state index is 11.2. The summed E-state index contributed by atoms with van der Waals surface area (Å²) in [6.07, 6.45) is 0.422. The average Bonchev–Trinajstić information content (AvgIpc) is 2.67. The number of esters is 1. The van der Waals surface area contributed by atoms with Crippen molar-refractivity contribution in [3.05, 3.63) is 0 Å². The van der Waals surface area contributed by atoms with E-state index in [9.17, 15) is 14.4 Å². The second-order valence-electron chi connectivity index (χ2n) is 4.14. The Morgan fingerprint density at radius 2 is 1.95 bits per heavy atom. The van der Waals surface area contributed by atoms with Crippen LogP contribution < -0.4 is 0 Å². The highest BCUT2D eigenvalue weighted by Gasteiger charge is 2.30. The molecular formula is C12H19NO6. The van der Waals surface area contributed by atoms with Crippen LogP contribution in [0.1, 0.15) is 33.1 Å². The molecule has 1 unspecified atom stereocenters. The van der Waals surface area contributed by atoms with Crippen molar-refractivity contribution in [2.24, 2.45) is 0 Å². The minimum atomic E-state index is -0.442. The fourth-order valence-electron chi connectivity index (χ4n) is 1.51. The van der Waals surface area contributed by atoms with Crippen molar-refractivity contribution in [3.8, 4) is 0 Å². The van der Waals surface area contributed by atoms with Gasteiger partial charge in [-0.05, 0) is 13.8 Å². The molecule has 2 amide bonds. The quantitative estimate of drug-likeness (QED) is 0.471. The molecule has 7 heteroatoms. The van der Waals surface area contributed by atoms with Crippen LogP contribution in [0.15, 0.2) is 0 Å². The Hall–Kier alpha value is -1.47. The third-order valence-electron chi connectivity index (χ3n) is 2.51. The van der Waals surface area contributed by atoms with Gasteiger partial charge in [0.25, 0.3) is 11.8 Å².